The lowest BCUT2D eigenvalue weighted by Crippen LogP contribution is -2.26. The third-order valence-corrected chi connectivity index (χ3v) is 4.05. The van der Waals surface area contributed by atoms with Gasteiger partial charge in [0.25, 0.3) is 0 Å². The Labute approximate surface area is 162 Å². The Hall–Kier alpha value is -1.64. The van der Waals surface area contributed by atoms with Crippen molar-refractivity contribution in [3.63, 3.8) is 0 Å². The molecule has 0 bridgehead atoms. The van der Waals surface area contributed by atoms with E-state index in [9.17, 15) is 0 Å². The molecular formula is C16H15Br2N3O2S. The van der Waals surface area contributed by atoms with E-state index in [-0.39, 0.29) is 5.11 Å². The molecule has 0 atom stereocenters. The first-order valence-electron chi connectivity index (χ1n) is 6.76. The van der Waals surface area contributed by atoms with Crippen LogP contribution in [-0.4, -0.2) is 25.0 Å². The standard InChI is InChI=1S/C16H15Br2N3O2S/c1-22-13-5-10(6-14(8-13)23-2)15(20-21-16(19)24)9-3-11(17)7-12(18)4-9/h3-8H,1-2H3,(H3,19,21,24)/b20-15-. The number of hydrazone groups is 1. The molecule has 0 spiro atoms. The first-order chi connectivity index (χ1) is 11.4. The van der Waals surface area contributed by atoms with Crippen LogP contribution in [-0.2, 0) is 0 Å². The largest absolute Gasteiger partial charge is 0.497 e. The number of methoxy groups -OCH3 is 2. The van der Waals surface area contributed by atoms with Crippen LogP contribution in [0.2, 0.25) is 0 Å². The summed E-state index contributed by atoms with van der Waals surface area (Å²) in [6, 6.07) is 11.3. The maximum atomic E-state index is 5.51. The summed E-state index contributed by atoms with van der Waals surface area (Å²) in [6.45, 7) is 0. The zero-order valence-corrected chi connectivity index (χ0v) is 17.0. The minimum atomic E-state index is 0.0800. The molecule has 5 nitrogen and oxygen atoms in total. The summed E-state index contributed by atoms with van der Waals surface area (Å²) in [5, 5.41) is 4.42. The average Bonchev–Trinajstić information content (AvgIpc) is 2.53. The van der Waals surface area contributed by atoms with Crippen molar-refractivity contribution in [2.75, 3.05) is 14.2 Å². The topological polar surface area (TPSA) is 68.9 Å². The van der Waals surface area contributed by atoms with Gasteiger partial charge in [-0.1, -0.05) is 31.9 Å². The van der Waals surface area contributed by atoms with E-state index in [4.69, 9.17) is 27.4 Å². The molecule has 0 saturated heterocycles. The molecule has 2 aromatic carbocycles. The molecule has 8 heteroatoms. The van der Waals surface area contributed by atoms with Gasteiger partial charge in [-0.2, -0.15) is 5.10 Å². The van der Waals surface area contributed by atoms with Gasteiger partial charge < -0.3 is 15.2 Å². The van der Waals surface area contributed by atoms with Crippen LogP contribution in [0.15, 0.2) is 50.4 Å². The first-order valence-corrected chi connectivity index (χ1v) is 8.75. The van der Waals surface area contributed by atoms with Crippen molar-refractivity contribution < 1.29 is 9.47 Å². The van der Waals surface area contributed by atoms with E-state index in [1.54, 1.807) is 20.3 Å². The zero-order valence-electron chi connectivity index (χ0n) is 13.0. The minimum Gasteiger partial charge on any atom is -0.497 e. The van der Waals surface area contributed by atoms with Crippen LogP contribution >= 0.6 is 44.1 Å². The second-order valence-corrected chi connectivity index (χ2v) is 6.97. The van der Waals surface area contributed by atoms with Gasteiger partial charge in [0.15, 0.2) is 5.11 Å². The quantitative estimate of drug-likeness (QED) is 0.393. The monoisotopic (exact) mass is 471 g/mol. The number of nitrogens with two attached hydrogens (primary N) is 1. The maximum absolute atomic E-state index is 5.51. The highest BCUT2D eigenvalue weighted by molar-refractivity contribution is 9.11. The number of rotatable bonds is 5. The Morgan fingerprint density at radius 2 is 1.46 bits per heavy atom. The summed E-state index contributed by atoms with van der Waals surface area (Å²) in [7, 11) is 3.19. The van der Waals surface area contributed by atoms with Gasteiger partial charge in [0.2, 0.25) is 0 Å². The van der Waals surface area contributed by atoms with Crippen LogP contribution in [0.4, 0.5) is 0 Å². The number of hydrogen-bond acceptors (Lipinski definition) is 4. The Kier molecular flexibility index (Phi) is 6.59. The van der Waals surface area contributed by atoms with Crippen molar-refractivity contribution in [2.45, 2.75) is 0 Å². The van der Waals surface area contributed by atoms with E-state index >= 15 is 0 Å². The second-order valence-electron chi connectivity index (χ2n) is 4.70. The molecule has 24 heavy (non-hydrogen) atoms. The molecular weight excluding hydrogens is 458 g/mol. The number of benzene rings is 2. The van der Waals surface area contributed by atoms with E-state index in [0.29, 0.717) is 17.2 Å². The molecule has 0 aromatic heterocycles. The van der Waals surface area contributed by atoms with E-state index in [2.05, 4.69) is 42.4 Å². The number of nitrogens with one attached hydrogen (secondary N) is 1. The highest BCUT2D eigenvalue weighted by Gasteiger charge is 2.13. The van der Waals surface area contributed by atoms with Gasteiger partial charge in [-0.15, -0.1) is 0 Å². The van der Waals surface area contributed by atoms with Gasteiger partial charge in [0.05, 0.1) is 19.9 Å². The first kappa shape index (κ1) is 18.7. The summed E-state index contributed by atoms with van der Waals surface area (Å²) in [5.74, 6) is 1.31. The van der Waals surface area contributed by atoms with Crippen LogP contribution in [0.3, 0.4) is 0 Å². The summed E-state index contributed by atoms with van der Waals surface area (Å²) < 4.78 is 12.5. The molecule has 0 aliphatic rings. The van der Waals surface area contributed by atoms with Gasteiger partial charge in [-0.25, -0.2) is 0 Å². The maximum Gasteiger partial charge on any atom is 0.184 e. The minimum absolute atomic E-state index is 0.0800. The number of halogens is 2. The highest BCUT2D eigenvalue weighted by Crippen LogP contribution is 2.27. The number of nitrogens with zero attached hydrogens (tertiary/aromatic N) is 1. The third-order valence-electron chi connectivity index (χ3n) is 3.04. The lowest BCUT2D eigenvalue weighted by atomic mass is 10.0. The predicted molar refractivity (Wildman–Crippen MR) is 107 cm³/mol. The van der Waals surface area contributed by atoms with E-state index < -0.39 is 0 Å². The number of thiocarbonyl (C=S) groups is 1. The van der Waals surface area contributed by atoms with Crippen molar-refractivity contribution >= 4 is 54.9 Å². The van der Waals surface area contributed by atoms with Crippen LogP contribution in [0.1, 0.15) is 11.1 Å². The summed E-state index contributed by atoms with van der Waals surface area (Å²) in [6.07, 6.45) is 0. The molecule has 0 amide bonds. The van der Waals surface area contributed by atoms with Gasteiger partial charge in [-0.05, 0) is 42.5 Å². The van der Waals surface area contributed by atoms with Crippen molar-refractivity contribution in [1.29, 1.82) is 0 Å². The summed E-state index contributed by atoms with van der Waals surface area (Å²) >= 11 is 11.8. The van der Waals surface area contributed by atoms with Gasteiger partial charge in [0.1, 0.15) is 11.5 Å². The summed E-state index contributed by atoms with van der Waals surface area (Å²) in [4.78, 5) is 0. The Bertz CT molecular complexity index is 754. The fourth-order valence-corrected chi connectivity index (χ4v) is 3.38. The molecule has 0 aliphatic heterocycles. The highest BCUT2D eigenvalue weighted by atomic mass is 79.9. The van der Waals surface area contributed by atoms with Gasteiger partial charge in [-0.3, -0.25) is 5.43 Å². The Balaban J connectivity index is 2.62. The fourth-order valence-electron chi connectivity index (χ4n) is 2.04. The predicted octanol–water partition coefficient (Wildman–Crippen LogP) is 3.81. The van der Waals surface area contributed by atoms with Crippen LogP contribution in [0.25, 0.3) is 0 Å². The third kappa shape index (κ3) is 4.93. The molecule has 3 N–H and O–H groups in total. The molecule has 2 rings (SSSR count). The lowest BCUT2D eigenvalue weighted by molar-refractivity contribution is 0.394. The van der Waals surface area contributed by atoms with E-state index in [1.165, 1.54) is 0 Å². The Morgan fingerprint density at radius 3 is 1.92 bits per heavy atom. The number of ether oxygens (including phenoxy) is 2. The molecule has 0 aliphatic carbocycles. The van der Waals surface area contributed by atoms with E-state index in [1.807, 2.05) is 30.3 Å². The molecule has 0 saturated carbocycles. The molecule has 126 valence electrons. The lowest BCUT2D eigenvalue weighted by Gasteiger charge is -2.12. The normalized spacial score (nSPS) is 11.1. The molecule has 0 radical (unpaired) electrons. The fraction of sp³-hybridized carbons (Fsp3) is 0.125. The molecule has 2 aromatic rings. The van der Waals surface area contributed by atoms with Crippen molar-refractivity contribution in [3.8, 4) is 11.5 Å². The van der Waals surface area contributed by atoms with Gasteiger partial charge in [0, 0.05) is 26.1 Å². The molecule has 0 fully saturated rings. The van der Waals surface area contributed by atoms with E-state index in [0.717, 1.165) is 20.1 Å². The smallest absolute Gasteiger partial charge is 0.184 e. The van der Waals surface area contributed by atoms with Gasteiger partial charge >= 0.3 is 0 Å². The van der Waals surface area contributed by atoms with Crippen LogP contribution in [0.5, 0.6) is 11.5 Å². The SMILES string of the molecule is COc1cc(OC)cc(/C(=N\NC(N)=S)c2cc(Br)cc(Br)c2)c1. The van der Waals surface area contributed by atoms with Crippen LogP contribution in [0, 0.1) is 0 Å². The molecule has 0 heterocycles. The summed E-state index contributed by atoms with van der Waals surface area (Å²) in [5.41, 5.74) is 10.4. The second kappa shape index (κ2) is 8.46. The molecule has 0 unspecified atom stereocenters. The van der Waals surface area contributed by atoms with Crippen molar-refractivity contribution in [3.05, 3.63) is 56.5 Å². The zero-order chi connectivity index (χ0) is 17.7. The average molecular weight is 473 g/mol. The van der Waals surface area contributed by atoms with Crippen LogP contribution < -0.4 is 20.6 Å². The van der Waals surface area contributed by atoms with Crippen molar-refractivity contribution in [1.82, 2.24) is 5.43 Å². The Morgan fingerprint density at radius 1 is 0.958 bits per heavy atom. The van der Waals surface area contributed by atoms with Crippen molar-refractivity contribution in [2.24, 2.45) is 10.8 Å². The number of hydrogen-bond donors (Lipinski definition) is 2.